The van der Waals surface area contributed by atoms with Gasteiger partial charge in [-0.05, 0) is 78.6 Å². The molecule has 0 spiro atoms. The van der Waals surface area contributed by atoms with Gasteiger partial charge in [-0.25, -0.2) is 4.99 Å². The molecule has 1 aliphatic rings. The summed E-state index contributed by atoms with van der Waals surface area (Å²) in [6.45, 7) is 12.6. The van der Waals surface area contributed by atoms with Crippen LogP contribution in [0.5, 0.6) is 5.75 Å². The summed E-state index contributed by atoms with van der Waals surface area (Å²) < 4.78 is 22.6. The minimum Gasteiger partial charge on any atom is -0.494 e. The molecule has 0 fully saturated rings. The molecule has 0 saturated carbocycles. The SMILES string of the molecule is CC(C)OCCCNC(=O)[C@]1(CCC(=O)OC(C)(C)C)N=C(c2ccc(OCCCO)cc2)O[C@@H]1C. The van der Waals surface area contributed by atoms with Crippen molar-refractivity contribution in [2.75, 3.05) is 26.4 Å². The lowest BCUT2D eigenvalue weighted by atomic mass is 9.88. The van der Waals surface area contributed by atoms with E-state index < -0.39 is 17.2 Å². The van der Waals surface area contributed by atoms with Crippen molar-refractivity contribution < 1.29 is 33.6 Å². The van der Waals surface area contributed by atoms with Gasteiger partial charge in [-0.1, -0.05) is 0 Å². The lowest BCUT2D eigenvalue weighted by Gasteiger charge is -2.28. The Morgan fingerprint density at radius 1 is 1.17 bits per heavy atom. The summed E-state index contributed by atoms with van der Waals surface area (Å²) in [4.78, 5) is 30.6. The highest BCUT2D eigenvalue weighted by Crippen LogP contribution is 2.34. The molecular weight excluding hydrogens is 464 g/mol. The number of hydrogen-bond donors (Lipinski definition) is 2. The average Bonchev–Trinajstić information content (AvgIpc) is 3.14. The number of nitrogens with zero attached hydrogens (tertiary/aromatic N) is 1. The van der Waals surface area contributed by atoms with Gasteiger partial charge in [0.15, 0.2) is 5.54 Å². The summed E-state index contributed by atoms with van der Waals surface area (Å²) in [5.41, 5.74) is -1.17. The summed E-state index contributed by atoms with van der Waals surface area (Å²) in [5, 5.41) is 11.9. The monoisotopic (exact) mass is 506 g/mol. The van der Waals surface area contributed by atoms with E-state index >= 15 is 0 Å². The fraction of sp³-hybridized carbons (Fsp3) is 0.667. The molecule has 0 unspecified atom stereocenters. The minimum atomic E-state index is -1.26. The van der Waals surface area contributed by atoms with Crippen molar-refractivity contribution in [3.05, 3.63) is 29.8 Å². The molecule has 9 nitrogen and oxygen atoms in total. The number of rotatable bonds is 14. The maximum absolute atomic E-state index is 13.4. The molecule has 2 rings (SSSR count). The maximum atomic E-state index is 13.4. The van der Waals surface area contributed by atoms with Gasteiger partial charge in [-0.2, -0.15) is 0 Å². The van der Waals surface area contributed by atoms with Crippen LogP contribution in [-0.2, 0) is 23.8 Å². The molecule has 202 valence electrons. The molecule has 1 aromatic rings. The number of carbonyl (C=O) groups excluding carboxylic acids is 2. The summed E-state index contributed by atoms with van der Waals surface area (Å²) >= 11 is 0. The zero-order chi connectivity index (χ0) is 26.8. The Labute approximate surface area is 214 Å². The molecule has 36 heavy (non-hydrogen) atoms. The third kappa shape index (κ3) is 9.09. The van der Waals surface area contributed by atoms with E-state index in [4.69, 9.17) is 29.0 Å². The number of nitrogens with one attached hydrogen (secondary N) is 1. The molecule has 9 heteroatoms. The van der Waals surface area contributed by atoms with Gasteiger partial charge in [0.05, 0.1) is 12.7 Å². The van der Waals surface area contributed by atoms with Crippen LogP contribution in [0.2, 0.25) is 0 Å². The lowest BCUT2D eigenvalue weighted by molar-refractivity contribution is -0.155. The fourth-order valence-corrected chi connectivity index (χ4v) is 3.68. The van der Waals surface area contributed by atoms with Crippen LogP contribution in [0.25, 0.3) is 0 Å². The van der Waals surface area contributed by atoms with E-state index in [0.29, 0.717) is 49.8 Å². The van der Waals surface area contributed by atoms with Crippen molar-refractivity contribution in [2.45, 2.75) is 90.6 Å². The summed E-state index contributed by atoms with van der Waals surface area (Å²) in [5.74, 6) is 0.325. The van der Waals surface area contributed by atoms with E-state index in [2.05, 4.69) is 5.32 Å². The first-order valence-corrected chi connectivity index (χ1v) is 12.7. The summed E-state index contributed by atoms with van der Waals surface area (Å²) in [6, 6.07) is 7.20. The number of amides is 1. The second kappa shape index (κ2) is 13.6. The molecule has 0 aromatic heterocycles. The molecule has 0 bridgehead atoms. The second-order valence-corrected chi connectivity index (χ2v) is 10.2. The highest BCUT2D eigenvalue weighted by molar-refractivity contribution is 6.00. The highest BCUT2D eigenvalue weighted by Gasteiger charge is 2.50. The van der Waals surface area contributed by atoms with E-state index in [1.165, 1.54) is 0 Å². The number of benzene rings is 1. The van der Waals surface area contributed by atoms with Crippen molar-refractivity contribution in [3.63, 3.8) is 0 Å². The zero-order valence-corrected chi connectivity index (χ0v) is 22.5. The van der Waals surface area contributed by atoms with E-state index in [-0.39, 0.29) is 37.4 Å². The van der Waals surface area contributed by atoms with Crippen LogP contribution in [0.4, 0.5) is 0 Å². The molecule has 1 aliphatic heterocycles. The van der Waals surface area contributed by atoms with Gasteiger partial charge in [0.2, 0.25) is 5.90 Å². The molecule has 2 N–H and O–H groups in total. The van der Waals surface area contributed by atoms with Crippen LogP contribution in [0.3, 0.4) is 0 Å². The topological polar surface area (TPSA) is 116 Å². The Balaban J connectivity index is 2.18. The predicted molar refractivity (Wildman–Crippen MR) is 137 cm³/mol. The van der Waals surface area contributed by atoms with Gasteiger partial charge in [-0.3, -0.25) is 9.59 Å². The van der Waals surface area contributed by atoms with Gasteiger partial charge in [0, 0.05) is 38.2 Å². The largest absolute Gasteiger partial charge is 0.494 e. The molecule has 0 saturated heterocycles. The smallest absolute Gasteiger partial charge is 0.306 e. The van der Waals surface area contributed by atoms with Crippen LogP contribution in [0.15, 0.2) is 29.3 Å². The Morgan fingerprint density at radius 3 is 2.47 bits per heavy atom. The Hall–Kier alpha value is -2.65. The molecule has 2 atom stereocenters. The van der Waals surface area contributed by atoms with Gasteiger partial charge in [0.1, 0.15) is 17.5 Å². The second-order valence-electron chi connectivity index (χ2n) is 10.2. The Morgan fingerprint density at radius 2 is 1.86 bits per heavy atom. The van der Waals surface area contributed by atoms with E-state index in [0.717, 1.165) is 0 Å². The van der Waals surface area contributed by atoms with Crippen molar-refractivity contribution in [1.82, 2.24) is 5.32 Å². The van der Waals surface area contributed by atoms with Gasteiger partial charge < -0.3 is 29.4 Å². The average molecular weight is 507 g/mol. The first-order valence-electron chi connectivity index (χ1n) is 12.7. The van der Waals surface area contributed by atoms with Crippen molar-refractivity contribution in [1.29, 1.82) is 0 Å². The first kappa shape index (κ1) is 29.6. The summed E-state index contributed by atoms with van der Waals surface area (Å²) in [7, 11) is 0. The van der Waals surface area contributed by atoms with Crippen LogP contribution < -0.4 is 10.1 Å². The Kier molecular flexibility index (Phi) is 11.2. The fourth-order valence-electron chi connectivity index (χ4n) is 3.68. The number of hydrogen-bond acceptors (Lipinski definition) is 8. The van der Waals surface area contributed by atoms with E-state index in [9.17, 15) is 9.59 Å². The van der Waals surface area contributed by atoms with Crippen LogP contribution >= 0.6 is 0 Å². The van der Waals surface area contributed by atoms with Gasteiger partial charge in [-0.15, -0.1) is 0 Å². The molecule has 1 amide bonds. The first-order chi connectivity index (χ1) is 17.0. The van der Waals surface area contributed by atoms with Gasteiger partial charge >= 0.3 is 5.97 Å². The molecular formula is C27H42N2O7. The maximum Gasteiger partial charge on any atom is 0.306 e. The number of aliphatic hydroxyl groups is 1. The van der Waals surface area contributed by atoms with Crippen LogP contribution in [0, 0.1) is 0 Å². The standard InChI is InChI=1S/C27H42N2O7/c1-19(2)33-17-7-15-28-25(32)27(14-13-23(31)36-26(4,5)6)20(3)35-24(29-27)21-9-11-22(12-10-21)34-18-8-16-30/h9-12,19-20,30H,7-8,13-18H2,1-6H3,(H,28,32)/t20-,27-/m1/s1. The van der Waals surface area contributed by atoms with Gasteiger partial charge in [0.25, 0.3) is 5.91 Å². The number of ether oxygens (including phenoxy) is 4. The zero-order valence-electron chi connectivity index (χ0n) is 22.5. The van der Waals surface area contributed by atoms with E-state index in [1.807, 2.05) is 26.0 Å². The molecule has 1 aromatic carbocycles. The highest BCUT2D eigenvalue weighted by atomic mass is 16.6. The third-order valence-electron chi connectivity index (χ3n) is 5.52. The Bertz CT molecular complexity index is 877. The lowest BCUT2D eigenvalue weighted by Crippen LogP contribution is -2.51. The van der Waals surface area contributed by atoms with E-state index in [1.54, 1.807) is 39.8 Å². The van der Waals surface area contributed by atoms with Crippen molar-refractivity contribution in [2.24, 2.45) is 4.99 Å². The number of aliphatic hydroxyl groups excluding tert-OH is 1. The minimum absolute atomic E-state index is 0.0310. The molecule has 0 aliphatic carbocycles. The summed E-state index contributed by atoms with van der Waals surface area (Å²) in [6.07, 6.45) is 0.945. The number of esters is 1. The normalized spacial score (nSPS) is 19.6. The predicted octanol–water partition coefficient (Wildman–Crippen LogP) is 3.41. The molecule has 0 radical (unpaired) electrons. The third-order valence-corrected chi connectivity index (χ3v) is 5.52. The quantitative estimate of drug-likeness (QED) is 0.293. The van der Waals surface area contributed by atoms with Crippen molar-refractivity contribution >= 4 is 17.8 Å². The number of aliphatic imine (C=N–C) groups is 1. The van der Waals surface area contributed by atoms with Crippen LogP contribution in [-0.4, -0.2) is 72.6 Å². The molecule has 1 heterocycles. The number of carbonyl (C=O) groups is 2. The van der Waals surface area contributed by atoms with Crippen LogP contribution in [0.1, 0.15) is 72.8 Å². The van der Waals surface area contributed by atoms with Crippen molar-refractivity contribution in [3.8, 4) is 5.75 Å².